The predicted octanol–water partition coefficient (Wildman–Crippen LogP) is 2.60. The van der Waals surface area contributed by atoms with Crippen molar-refractivity contribution >= 4 is 33.6 Å². The van der Waals surface area contributed by atoms with E-state index in [-0.39, 0.29) is 0 Å². The van der Waals surface area contributed by atoms with Gasteiger partial charge in [0.05, 0.1) is 5.52 Å². The van der Waals surface area contributed by atoms with Crippen LogP contribution in [0.2, 0.25) is 0 Å². The fourth-order valence-corrected chi connectivity index (χ4v) is 1.70. The van der Waals surface area contributed by atoms with Crippen LogP contribution < -0.4 is 0 Å². The second-order valence-electron chi connectivity index (χ2n) is 3.00. The predicted molar refractivity (Wildman–Crippen MR) is 56.3 cm³/mol. The maximum Gasteiger partial charge on any atom is 0.408 e. The number of fused-ring (bicyclic) bond motifs is 1. The molecule has 1 aromatic carbocycles. The molecule has 0 saturated heterocycles. The Bertz CT molecular complexity index is 491. The van der Waals surface area contributed by atoms with Gasteiger partial charge in [0.2, 0.25) is 0 Å². The molecule has 0 saturated carbocycles. The topological polar surface area (TPSA) is 30.7 Å². The molecular formula is C8H5F3IN3. The molecule has 0 aliphatic carbocycles. The van der Waals surface area contributed by atoms with Gasteiger partial charge in [0.15, 0.2) is 0 Å². The van der Waals surface area contributed by atoms with E-state index < -0.39 is 12.7 Å². The van der Waals surface area contributed by atoms with Gasteiger partial charge in [0.1, 0.15) is 12.1 Å². The Morgan fingerprint density at radius 1 is 1.33 bits per heavy atom. The van der Waals surface area contributed by atoms with Crippen LogP contribution >= 0.6 is 22.6 Å². The smallest absolute Gasteiger partial charge is 0.235 e. The van der Waals surface area contributed by atoms with Crippen molar-refractivity contribution in [3.63, 3.8) is 0 Å². The number of halogens is 4. The summed E-state index contributed by atoms with van der Waals surface area (Å²) < 4.78 is 38.2. The molecule has 0 spiro atoms. The quantitative estimate of drug-likeness (QED) is 0.754. The van der Waals surface area contributed by atoms with Crippen molar-refractivity contribution in [2.75, 3.05) is 0 Å². The van der Waals surface area contributed by atoms with Crippen molar-refractivity contribution in [2.45, 2.75) is 12.7 Å². The molecule has 0 aliphatic rings. The lowest BCUT2D eigenvalue weighted by Crippen LogP contribution is -2.18. The summed E-state index contributed by atoms with van der Waals surface area (Å²) in [7, 11) is 0. The first-order valence-electron chi connectivity index (χ1n) is 4.01. The standard InChI is InChI=1S/C8H5F3IN3/c9-8(10,11)4-15-7-3-5(12)1-2-6(7)13-14-15/h1-3H,4H2. The van der Waals surface area contributed by atoms with E-state index in [1.165, 1.54) is 0 Å². The lowest BCUT2D eigenvalue weighted by molar-refractivity contribution is -0.142. The van der Waals surface area contributed by atoms with Crippen molar-refractivity contribution in [3.05, 3.63) is 21.8 Å². The van der Waals surface area contributed by atoms with Crippen LogP contribution in [-0.4, -0.2) is 21.2 Å². The van der Waals surface area contributed by atoms with E-state index in [9.17, 15) is 13.2 Å². The first-order valence-corrected chi connectivity index (χ1v) is 5.09. The van der Waals surface area contributed by atoms with Gasteiger partial charge >= 0.3 is 6.18 Å². The van der Waals surface area contributed by atoms with Crippen LogP contribution in [0.4, 0.5) is 13.2 Å². The minimum absolute atomic E-state index is 0.402. The van der Waals surface area contributed by atoms with Crippen LogP contribution in [0.15, 0.2) is 18.2 Å². The Labute approximate surface area is 96.4 Å². The number of nitrogens with zero attached hydrogens (tertiary/aromatic N) is 3. The first-order chi connectivity index (χ1) is 6.96. The minimum atomic E-state index is -4.28. The highest BCUT2D eigenvalue weighted by Gasteiger charge is 2.29. The number of benzene rings is 1. The molecule has 0 N–H and O–H groups in total. The van der Waals surface area contributed by atoms with Gasteiger partial charge in [-0.25, -0.2) is 4.68 Å². The second kappa shape index (κ2) is 3.62. The van der Waals surface area contributed by atoms with Gasteiger partial charge in [-0.3, -0.25) is 0 Å². The molecule has 2 aromatic rings. The molecule has 0 aliphatic heterocycles. The number of aromatic nitrogens is 3. The average molecular weight is 327 g/mol. The zero-order chi connectivity index (χ0) is 11.1. The summed E-state index contributed by atoms with van der Waals surface area (Å²) in [4.78, 5) is 0. The Hall–Kier alpha value is -0.860. The third kappa shape index (κ3) is 2.39. The maximum atomic E-state index is 12.2. The third-order valence-corrected chi connectivity index (χ3v) is 2.48. The second-order valence-corrected chi connectivity index (χ2v) is 4.24. The van der Waals surface area contributed by atoms with Crippen molar-refractivity contribution in [2.24, 2.45) is 0 Å². The summed E-state index contributed by atoms with van der Waals surface area (Å²) in [6.45, 7) is -1.11. The summed E-state index contributed by atoms with van der Waals surface area (Å²) in [5, 5.41) is 7.12. The van der Waals surface area contributed by atoms with Gasteiger partial charge in [0.25, 0.3) is 0 Å². The van der Waals surface area contributed by atoms with E-state index in [1.54, 1.807) is 18.2 Å². The summed E-state index contributed by atoms with van der Waals surface area (Å²) >= 11 is 2.03. The van der Waals surface area contributed by atoms with Gasteiger partial charge in [-0.15, -0.1) is 5.10 Å². The summed E-state index contributed by atoms with van der Waals surface area (Å²) in [6.07, 6.45) is -4.28. The van der Waals surface area contributed by atoms with Crippen LogP contribution in [0, 0.1) is 3.57 Å². The van der Waals surface area contributed by atoms with Gasteiger partial charge < -0.3 is 0 Å². The monoisotopic (exact) mass is 327 g/mol. The van der Waals surface area contributed by atoms with Crippen molar-refractivity contribution in [3.8, 4) is 0 Å². The maximum absolute atomic E-state index is 12.2. The van der Waals surface area contributed by atoms with Crippen LogP contribution in [0.25, 0.3) is 11.0 Å². The number of hydrogen-bond donors (Lipinski definition) is 0. The van der Waals surface area contributed by atoms with Crippen molar-refractivity contribution in [1.82, 2.24) is 15.0 Å². The molecule has 0 bridgehead atoms. The lowest BCUT2D eigenvalue weighted by Gasteiger charge is -2.06. The molecule has 0 atom stereocenters. The fourth-order valence-electron chi connectivity index (χ4n) is 1.22. The van der Waals surface area contributed by atoms with Crippen LogP contribution in [0.5, 0.6) is 0 Å². The first kappa shape index (κ1) is 10.7. The Morgan fingerprint density at radius 3 is 2.73 bits per heavy atom. The van der Waals surface area contributed by atoms with E-state index in [0.29, 0.717) is 11.0 Å². The Morgan fingerprint density at radius 2 is 2.07 bits per heavy atom. The van der Waals surface area contributed by atoms with Gasteiger partial charge in [-0.1, -0.05) is 5.21 Å². The Kier molecular flexibility index (Phi) is 2.57. The highest BCUT2D eigenvalue weighted by molar-refractivity contribution is 14.1. The molecule has 15 heavy (non-hydrogen) atoms. The molecule has 0 unspecified atom stereocenters. The lowest BCUT2D eigenvalue weighted by atomic mass is 10.3. The van der Waals surface area contributed by atoms with E-state index >= 15 is 0 Å². The van der Waals surface area contributed by atoms with Crippen molar-refractivity contribution in [1.29, 1.82) is 0 Å². The highest BCUT2D eigenvalue weighted by atomic mass is 127. The highest BCUT2D eigenvalue weighted by Crippen LogP contribution is 2.21. The third-order valence-electron chi connectivity index (χ3n) is 1.81. The van der Waals surface area contributed by atoms with Crippen LogP contribution in [-0.2, 0) is 6.54 Å². The average Bonchev–Trinajstić information content (AvgIpc) is 2.46. The molecule has 7 heteroatoms. The van der Waals surface area contributed by atoms with E-state index in [4.69, 9.17) is 0 Å². The zero-order valence-electron chi connectivity index (χ0n) is 7.29. The molecule has 80 valence electrons. The number of hydrogen-bond acceptors (Lipinski definition) is 2. The minimum Gasteiger partial charge on any atom is -0.235 e. The van der Waals surface area contributed by atoms with Crippen molar-refractivity contribution < 1.29 is 13.2 Å². The normalized spacial score (nSPS) is 12.3. The number of rotatable bonds is 1. The molecule has 0 fully saturated rings. The molecule has 0 amide bonds. The SMILES string of the molecule is FC(F)(F)Cn1nnc2ccc(I)cc21. The van der Waals surface area contributed by atoms with Gasteiger partial charge in [0, 0.05) is 3.57 Å². The van der Waals surface area contributed by atoms with E-state index in [0.717, 1.165) is 8.25 Å². The van der Waals surface area contributed by atoms with E-state index in [2.05, 4.69) is 10.3 Å². The van der Waals surface area contributed by atoms with E-state index in [1.807, 2.05) is 22.6 Å². The molecule has 1 heterocycles. The summed E-state index contributed by atoms with van der Waals surface area (Å²) in [5.41, 5.74) is 0.874. The molecule has 3 nitrogen and oxygen atoms in total. The molecular weight excluding hydrogens is 322 g/mol. The fraction of sp³-hybridized carbons (Fsp3) is 0.250. The summed E-state index contributed by atoms with van der Waals surface area (Å²) in [5.74, 6) is 0. The van der Waals surface area contributed by atoms with Crippen LogP contribution in [0.1, 0.15) is 0 Å². The number of alkyl halides is 3. The molecule has 2 rings (SSSR count). The molecule has 0 radical (unpaired) electrons. The molecule has 1 aromatic heterocycles. The largest absolute Gasteiger partial charge is 0.408 e. The van der Waals surface area contributed by atoms with Gasteiger partial charge in [-0.2, -0.15) is 13.2 Å². The van der Waals surface area contributed by atoms with Gasteiger partial charge in [-0.05, 0) is 40.8 Å². The Balaban J connectivity index is 2.48. The zero-order valence-corrected chi connectivity index (χ0v) is 9.45. The van der Waals surface area contributed by atoms with Crippen LogP contribution in [0.3, 0.4) is 0 Å². The summed E-state index contributed by atoms with van der Waals surface area (Å²) in [6, 6.07) is 5.05.